The molecule has 0 saturated heterocycles. The van der Waals surface area contributed by atoms with Crippen LogP contribution in [0.5, 0.6) is 11.5 Å². The van der Waals surface area contributed by atoms with Gasteiger partial charge in [0.15, 0.2) is 13.2 Å². The lowest BCUT2D eigenvalue weighted by Crippen LogP contribution is -2.27. The van der Waals surface area contributed by atoms with Gasteiger partial charge in [-0.2, -0.15) is 0 Å². The second-order valence-electron chi connectivity index (χ2n) is 7.23. The maximum atomic E-state index is 11.6. The first kappa shape index (κ1) is 19.8. The molecule has 1 aromatic rings. The number of benzene rings is 1. The van der Waals surface area contributed by atoms with Crippen molar-refractivity contribution in [3.05, 3.63) is 24.3 Å². The molecule has 0 spiro atoms. The molecule has 0 aromatic heterocycles. The molecule has 0 bridgehead atoms. The van der Waals surface area contributed by atoms with E-state index < -0.39 is 23.1 Å². The summed E-state index contributed by atoms with van der Waals surface area (Å²) < 4.78 is 21.1. The topological polar surface area (TPSA) is 71.1 Å². The Balaban J connectivity index is 2.49. The Bertz CT molecular complexity index is 518. The number of rotatable bonds is 6. The third-order valence-electron chi connectivity index (χ3n) is 2.36. The van der Waals surface area contributed by atoms with E-state index >= 15 is 0 Å². The van der Waals surface area contributed by atoms with Crippen LogP contribution in [0.4, 0.5) is 0 Å². The van der Waals surface area contributed by atoms with Gasteiger partial charge in [-0.05, 0) is 53.7 Å². The van der Waals surface area contributed by atoms with Crippen LogP contribution >= 0.6 is 0 Å². The van der Waals surface area contributed by atoms with Gasteiger partial charge in [-0.25, -0.2) is 9.59 Å². The summed E-state index contributed by atoms with van der Waals surface area (Å²) >= 11 is 0. The molecule has 0 saturated carbocycles. The SMILES string of the molecule is CC(C)(C)OC(=O)COc1cccc(OCC(=O)OC(C)(C)C)c1. The molecule has 6 nitrogen and oxygen atoms in total. The molecule has 0 amide bonds. The standard InChI is InChI=1S/C18H26O6/c1-17(2,3)23-15(19)11-21-13-8-7-9-14(10-13)22-12-16(20)24-18(4,5)6/h7-10H,11-12H2,1-6H3. The summed E-state index contributed by atoms with van der Waals surface area (Å²) in [6.45, 7) is 10.3. The summed E-state index contributed by atoms with van der Waals surface area (Å²) in [5.41, 5.74) is -1.11. The minimum absolute atomic E-state index is 0.202. The molecule has 24 heavy (non-hydrogen) atoms. The van der Waals surface area contributed by atoms with Gasteiger partial charge in [-0.15, -0.1) is 0 Å². The van der Waals surface area contributed by atoms with Crippen LogP contribution in [0.1, 0.15) is 41.5 Å². The predicted octanol–water partition coefficient (Wildman–Crippen LogP) is 3.13. The lowest BCUT2D eigenvalue weighted by molar-refractivity contribution is -0.158. The van der Waals surface area contributed by atoms with Crippen LogP contribution in [0.3, 0.4) is 0 Å². The summed E-state index contributed by atoms with van der Waals surface area (Å²) in [4.78, 5) is 23.3. The van der Waals surface area contributed by atoms with Crippen molar-refractivity contribution in [3.8, 4) is 11.5 Å². The van der Waals surface area contributed by atoms with Gasteiger partial charge in [0.1, 0.15) is 22.7 Å². The molecular weight excluding hydrogens is 312 g/mol. The van der Waals surface area contributed by atoms with E-state index in [9.17, 15) is 9.59 Å². The minimum atomic E-state index is -0.557. The fourth-order valence-electron chi connectivity index (χ4n) is 1.68. The fourth-order valence-corrected chi connectivity index (χ4v) is 1.68. The van der Waals surface area contributed by atoms with Crippen LogP contribution < -0.4 is 9.47 Å². The largest absolute Gasteiger partial charge is 0.482 e. The molecule has 0 aliphatic rings. The van der Waals surface area contributed by atoms with E-state index in [2.05, 4.69) is 0 Å². The highest BCUT2D eigenvalue weighted by Crippen LogP contribution is 2.20. The Morgan fingerprint density at radius 1 is 0.792 bits per heavy atom. The second kappa shape index (κ2) is 8.04. The van der Waals surface area contributed by atoms with Crippen LogP contribution in [-0.2, 0) is 19.1 Å². The molecule has 6 heteroatoms. The van der Waals surface area contributed by atoms with Gasteiger partial charge >= 0.3 is 11.9 Å². The zero-order valence-electron chi connectivity index (χ0n) is 15.2. The normalized spacial score (nSPS) is 11.6. The van der Waals surface area contributed by atoms with Gasteiger partial charge < -0.3 is 18.9 Å². The molecule has 0 atom stereocenters. The van der Waals surface area contributed by atoms with E-state index in [-0.39, 0.29) is 13.2 Å². The van der Waals surface area contributed by atoms with Gasteiger partial charge in [0, 0.05) is 6.07 Å². The number of carbonyl (C=O) groups is 2. The summed E-state index contributed by atoms with van der Waals surface area (Å²) in [5, 5.41) is 0. The monoisotopic (exact) mass is 338 g/mol. The van der Waals surface area contributed by atoms with E-state index in [0.29, 0.717) is 11.5 Å². The molecule has 0 fully saturated rings. The van der Waals surface area contributed by atoms with Crippen LogP contribution in [0.2, 0.25) is 0 Å². The maximum Gasteiger partial charge on any atom is 0.344 e. The van der Waals surface area contributed by atoms with Crippen LogP contribution in [-0.4, -0.2) is 36.4 Å². The van der Waals surface area contributed by atoms with Gasteiger partial charge in [0.05, 0.1) is 0 Å². The van der Waals surface area contributed by atoms with Crippen molar-refractivity contribution in [2.24, 2.45) is 0 Å². The molecular formula is C18H26O6. The fraction of sp³-hybridized carbons (Fsp3) is 0.556. The smallest absolute Gasteiger partial charge is 0.344 e. The average Bonchev–Trinajstić information content (AvgIpc) is 2.40. The van der Waals surface area contributed by atoms with Gasteiger partial charge in [-0.3, -0.25) is 0 Å². The van der Waals surface area contributed by atoms with Crippen molar-refractivity contribution in [2.45, 2.75) is 52.7 Å². The first-order valence-corrected chi connectivity index (χ1v) is 7.74. The van der Waals surface area contributed by atoms with Gasteiger partial charge in [0.25, 0.3) is 0 Å². The van der Waals surface area contributed by atoms with Crippen molar-refractivity contribution >= 4 is 11.9 Å². The molecule has 0 unspecified atom stereocenters. The second-order valence-corrected chi connectivity index (χ2v) is 7.23. The minimum Gasteiger partial charge on any atom is -0.482 e. The van der Waals surface area contributed by atoms with Crippen molar-refractivity contribution in [2.75, 3.05) is 13.2 Å². The summed E-state index contributed by atoms with van der Waals surface area (Å²) in [6.07, 6.45) is 0. The van der Waals surface area contributed by atoms with E-state index in [4.69, 9.17) is 18.9 Å². The van der Waals surface area contributed by atoms with Crippen LogP contribution in [0.15, 0.2) is 24.3 Å². The highest BCUT2D eigenvalue weighted by atomic mass is 16.6. The van der Waals surface area contributed by atoms with Crippen LogP contribution in [0, 0.1) is 0 Å². The maximum absolute atomic E-state index is 11.6. The van der Waals surface area contributed by atoms with Gasteiger partial charge in [-0.1, -0.05) is 6.07 Å². The van der Waals surface area contributed by atoms with Crippen molar-refractivity contribution in [3.63, 3.8) is 0 Å². The Morgan fingerprint density at radius 2 is 1.17 bits per heavy atom. The number of carbonyl (C=O) groups excluding carboxylic acids is 2. The van der Waals surface area contributed by atoms with Gasteiger partial charge in [0.2, 0.25) is 0 Å². The summed E-state index contributed by atoms with van der Waals surface area (Å²) in [7, 11) is 0. The third kappa shape index (κ3) is 9.02. The quantitative estimate of drug-likeness (QED) is 0.742. The molecule has 134 valence electrons. The Kier molecular flexibility index (Phi) is 6.63. The molecule has 0 N–H and O–H groups in total. The Morgan fingerprint density at radius 3 is 1.50 bits per heavy atom. The molecule has 1 aromatic carbocycles. The number of ether oxygens (including phenoxy) is 4. The molecule has 0 aliphatic heterocycles. The summed E-state index contributed by atoms with van der Waals surface area (Å²) in [6, 6.07) is 6.67. The lowest BCUT2D eigenvalue weighted by Gasteiger charge is -2.20. The first-order chi connectivity index (χ1) is 10.9. The van der Waals surface area contributed by atoms with E-state index in [1.165, 1.54) is 0 Å². The molecule has 0 aliphatic carbocycles. The molecule has 1 rings (SSSR count). The van der Waals surface area contributed by atoms with E-state index in [1.807, 2.05) is 0 Å². The first-order valence-electron chi connectivity index (χ1n) is 7.74. The zero-order chi connectivity index (χ0) is 18.4. The highest BCUT2D eigenvalue weighted by Gasteiger charge is 2.17. The molecule has 0 radical (unpaired) electrons. The lowest BCUT2D eigenvalue weighted by atomic mass is 10.2. The number of hydrogen-bond acceptors (Lipinski definition) is 6. The van der Waals surface area contributed by atoms with Crippen LogP contribution in [0.25, 0.3) is 0 Å². The van der Waals surface area contributed by atoms with Crippen molar-refractivity contribution in [1.82, 2.24) is 0 Å². The van der Waals surface area contributed by atoms with Crippen molar-refractivity contribution < 1.29 is 28.5 Å². The predicted molar refractivity (Wildman–Crippen MR) is 89.1 cm³/mol. The number of esters is 2. The molecule has 0 heterocycles. The van der Waals surface area contributed by atoms with E-state index in [0.717, 1.165) is 0 Å². The average molecular weight is 338 g/mol. The third-order valence-corrected chi connectivity index (χ3v) is 2.36. The highest BCUT2D eigenvalue weighted by molar-refractivity contribution is 5.72. The Hall–Kier alpha value is -2.24. The van der Waals surface area contributed by atoms with E-state index in [1.54, 1.807) is 65.8 Å². The number of hydrogen-bond donors (Lipinski definition) is 0. The van der Waals surface area contributed by atoms with Crippen molar-refractivity contribution in [1.29, 1.82) is 0 Å². The zero-order valence-corrected chi connectivity index (χ0v) is 15.2. The Labute approximate surface area is 143 Å². The summed E-state index contributed by atoms with van der Waals surface area (Å²) in [5.74, 6) is -0.0183.